The van der Waals surface area contributed by atoms with Crippen molar-refractivity contribution in [2.24, 2.45) is 0 Å². The van der Waals surface area contributed by atoms with Crippen molar-refractivity contribution >= 4 is 0 Å². The SMILES string of the molecule is C#CCCc1cccc2c1CCCC2. The molecule has 0 saturated carbocycles. The van der Waals surface area contributed by atoms with Crippen molar-refractivity contribution < 1.29 is 0 Å². The lowest BCUT2D eigenvalue weighted by Gasteiger charge is -2.18. The zero-order valence-electron chi connectivity index (χ0n) is 8.55. The first-order chi connectivity index (χ1) is 6.92. The van der Waals surface area contributed by atoms with Crippen LogP contribution in [-0.2, 0) is 19.3 Å². The molecule has 0 atom stereocenters. The molecule has 0 aromatic heterocycles. The Morgan fingerprint density at radius 2 is 2.07 bits per heavy atom. The molecular formula is C14H16. The third kappa shape index (κ3) is 1.82. The van der Waals surface area contributed by atoms with E-state index in [1.54, 1.807) is 11.1 Å². The Bertz CT molecular complexity index is 355. The van der Waals surface area contributed by atoms with Gasteiger partial charge in [-0.1, -0.05) is 18.2 Å². The van der Waals surface area contributed by atoms with Gasteiger partial charge in [0.15, 0.2) is 0 Å². The Hall–Kier alpha value is -1.22. The fourth-order valence-electron chi connectivity index (χ4n) is 2.30. The molecule has 1 aliphatic rings. The third-order valence-corrected chi connectivity index (χ3v) is 3.03. The van der Waals surface area contributed by atoms with Crippen molar-refractivity contribution in [3.63, 3.8) is 0 Å². The molecule has 72 valence electrons. The molecular weight excluding hydrogens is 168 g/mol. The molecule has 0 fully saturated rings. The van der Waals surface area contributed by atoms with Crippen molar-refractivity contribution in [3.8, 4) is 12.3 Å². The summed E-state index contributed by atoms with van der Waals surface area (Å²) in [5.74, 6) is 2.72. The number of rotatable bonds is 2. The molecule has 0 amide bonds. The summed E-state index contributed by atoms with van der Waals surface area (Å²) in [6.07, 6.45) is 12.5. The Morgan fingerprint density at radius 1 is 1.21 bits per heavy atom. The minimum absolute atomic E-state index is 0.871. The first-order valence-electron chi connectivity index (χ1n) is 5.45. The molecule has 0 heterocycles. The van der Waals surface area contributed by atoms with Crippen LogP contribution in [0.15, 0.2) is 18.2 Å². The molecule has 0 spiro atoms. The molecule has 1 aromatic rings. The van der Waals surface area contributed by atoms with Crippen LogP contribution in [0.25, 0.3) is 0 Å². The van der Waals surface area contributed by atoms with Crippen molar-refractivity contribution in [2.45, 2.75) is 38.5 Å². The first kappa shape index (κ1) is 9.34. The van der Waals surface area contributed by atoms with Gasteiger partial charge in [-0.25, -0.2) is 0 Å². The second-order valence-corrected chi connectivity index (χ2v) is 3.97. The highest BCUT2D eigenvalue weighted by atomic mass is 14.2. The van der Waals surface area contributed by atoms with Gasteiger partial charge in [-0.3, -0.25) is 0 Å². The maximum Gasteiger partial charge on any atom is 0.0127 e. The normalized spacial score (nSPS) is 14.5. The summed E-state index contributed by atoms with van der Waals surface area (Å²) in [5.41, 5.74) is 4.64. The van der Waals surface area contributed by atoms with Crippen LogP contribution in [-0.4, -0.2) is 0 Å². The van der Waals surface area contributed by atoms with Crippen LogP contribution in [0.2, 0.25) is 0 Å². The molecule has 0 heteroatoms. The minimum atomic E-state index is 0.871. The fraction of sp³-hybridized carbons (Fsp3) is 0.429. The van der Waals surface area contributed by atoms with Gasteiger partial charge in [0, 0.05) is 6.42 Å². The van der Waals surface area contributed by atoms with Gasteiger partial charge in [-0.2, -0.15) is 0 Å². The van der Waals surface area contributed by atoms with Crippen LogP contribution in [0.4, 0.5) is 0 Å². The molecule has 0 N–H and O–H groups in total. The van der Waals surface area contributed by atoms with Gasteiger partial charge in [-0.05, 0) is 48.8 Å². The van der Waals surface area contributed by atoms with E-state index in [0.717, 1.165) is 12.8 Å². The summed E-state index contributed by atoms with van der Waals surface area (Å²) in [7, 11) is 0. The Labute approximate surface area is 86.3 Å². The molecule has 2 rings (SSSR count). The summed E-state index contributed by atoms with van der Waals surface area (Å²) in [4.78, 5) is 0. The average Bonchev–Trinajstić information content (AvgIpc) is 2.26. The average molecular weight is 184 g/mol. The quantitative estimate of drug-likeness (QED) is 0.619. The molecule has 0 radical (unpaired) electrons. The standard InChI is InChI=1S/C14H16/c1-2-3-7-12-9-6-10-13-8-4-5-11-14(12)13/h1,6,9-10H,3-5,7-8,11H2. The van der Waals surface area contributed by atoms with E-state index in [4.69, 9.17) is 6.42 Å². The summed E-state index contributed by atoms with van der Waals surface area (Å²) in [5, 5.41) is 0. The third-order valence-electron chi connectivity index (χ3n) is 3.03. The minimum Gasteiger partial charge on any atom is -0.120 e. The van der Waals surface area contributed by atoms with Crippen molar-refractivity contribution in [3.05, 3.63) is 34.9 Å². The van der Waals surface area contributed by atoms with Gasteiger partial charge >= 0.3 is 0 Å². The maximum absolute atomic E-state index is 5.30. The lowest BCUT2D eigenvalue weighted by atomic mass is 9.87. The topological polar surface area (TPSA) is 0 Å². The number of terminal acetylenes is 1. The second-order valence-electron chi connectivity index (χ2n) is 3.97. The highest BCUT2D eigenvalue weighted by Gasteiger charge is 2.11. The Morgan fingerprint density at radius 3 is 2.93 bits per heavy atom. The molecule has 14 heavy (non-hydrogen) atoms. The number of hydrogen-bond acceptors (Lipinski definition) is 0. The van der Waals surface area contributed by atoms with E-state index in [1.165, 1.54) is 31.2 Å². The molecule has 0 saturated heterocycles. The smallest absolute Gasteiger partial charge is 0.0127 e. The predicted molar refractivity (Wildman–Crippen MR) is 60.2 cm³/mol. The van der Waals surface area contributed by atoms with E-state index in [9.17, 15) is 0 Å². The van der Waals surface area contributed by atoms with Crippen LogP contribution >= 0.6 is 0 Å². The van der Waals surface area contributed by atoms with Gasteiger partial charge < -0.3 is 0 Å². The highest BCUT2D eigenvalue weighted by Crippen LogP contribution is 2.25. The zero-order valence-corrected chi connectivity index (χ0v) is 8.55. The highest BCUT2D eigenvalue weighted by molar-refractivity contribution is 5.37. The molecule has 0 unspecified atom stereocenters. The van der Waals surface area contributed by atoms with Gasteiger partial charge in [-0.15, -0.1) is 12.3 Å². The molecule has 0 aliphatic heterocycles. The monoisotopic (exact) mass is 184 g/mol. The van der Waals surface area contributed by atoms with Crippen LogP contribution < -0.4 is 0 Å². The van der Waals surface area contributed by atoms with Gasteiger partial charge in [0.05, 0.1) is 0 Å². The zero-order chi connectivity index (χ0) is 9.80. The number of aryl methyl sites for hydroxylation is 2. The van der Waals surface area contributed by atoms with Gasteiger partial charge in [0.25, 0.3) is 0 Å². The lowest BCUT2D eigenvalue weighted by molar-refractivity contribution is 0.678. The Kier molecular flexibility index (Phi) is 2.89. The van der Waals surface area contributed by atoms with Gasteiger partial charge in [0.1, 0.15) is 0 Å². The van der Waals surface area contributed by atoms with E-state index in [1.807, 2.05) is 0 Å². The summed E-state index contributed by atoms with van der Waals surface area (Å²) < 4.78 is 0. The molecule has 0 nitrogen and oxygen atoms in total. The molecule has 1 aromatic carbocycles. The summed E-state index contributed by atoms with van der Waals surface area (Å²) in [6.45, 7) is 0. The Balaban J connectivity index is 2.27. The summed E-state index contributed by atoms with van der Waals surface area (Å²) in [6, 6.07) is 6.69. The summed E-state index contributed by atoms with van der Waals surface area (Å²) >= 11 is 0. The second kappa shape index (κ2) is 4.33. The van der Waals surface area contributed by atoms with Gasteiger partial charge in [0.2, 0.25) is 0 Å². The largest absolute Gasteiger partial charge is 0.120 e. The van der Waals surface area contributed by atoms with E-state index >= 15 is 0 Å². The predicted octanol–water partition coefficient (Wildman–Crippen LogP) is 3.13. The van der Waals surface area contributed by atoms with Crippen LogP contribution in [0, 0.1) is 12.3 Å². The molecule has 1 aliphatic carbocycles. The fourth-order valence-corrected chi connectivity index (χ4v) is 2.30. The van der Waals surface area contributed by atoms with Crippen LogP contribution in [0.3, 0.4) is 0 Å². The van der Waals surface area contributed by atoms with Crippen LogP contribution in [0.1, 0.15) is 36.0 Å². The van der Waals surface area contributed by atoms with E-state index in [0.29, 0.717) is 0 Å². The van der Waals surface area contributed by atoms with Crippen LogP contribution in [0.5, 0.6) is 0 Å². The first-order valence-corrected chi connectivity index (χ1v) is 5.45. The number of hydrogen-bond donors (Lipinski definition) is 0. The van der Waals surface area contributed by atoms with Crippen molar-refractivity contribution in [2.75, 3.05) is 0 Å². The molecule has 0 bridgehead atoms. The van der Waals surface area contributed by atoms with E-state index in [-0.39, 0.29) is 0 Å². The van der Waals surface area contributed by atoms with E-state index < -0.39 is 0 Å². The number of fused-ring (bicyclic) bond motifs is 1. The lowest BCUT2D eigenvalue weighted by Crippen LogP contribution is -2.06. The van der Waals surface area contributed by atoms with E-state index in [2.05, 4.69) is 24.1 Å². The maximum atomic E-state index is 5.30. The number of benzene rings is 1. The van der Waals surface area contributed by atoms with Crippen molar-refractivity contribution in [1.29, 1.82) is 0 Å². The van der Waals surface area contributed by atoms with Crippen molar-refractivity contribution in [1.82, 2.24) is 0 Å².